The lowest BCUT2D eigenvalue weighted by Crippen LogP contribution is -2.58. The van der Waals surface area contributed by atoms with Gasteiger partial charge in [0.2, 0.25) is 0 Å². The van der Waals surface area contributed by atoms with E-state index in [0.29, 0.717) is 5.54 Å². The molecule has 0 bridgehead atoms. The molecule has 0 aliphatic heterocycles. The second kappa shape index (κ2) is 4.32. The van der Waals surface area contributed by atoms with Crippen molar-refractivity contribution in [2.24, 2.45) is 0 Å². The smallest absolute Gasteiger partial charge is 0.131 e. The number of nitrogens with one attached hydrogen (secondary N) is 1. The van der Waals surface area contributed by atoms with E-state index in [-0.39, 0.29) is 5.54 Å². The van der Waals surface area contributed by atoms with Crippen LogP contribution in [-0.2, 0) is 0 Å². The fourth-order valence-electron chi connectivity index (χ4n) is 3.45. The van der Waals surface area contributed by atoms with Gasteiger partial charge in [0, 0.05) is 16.0 Å². The van der Waals surface area contributed by atoms with E-state index in [2.05, 4.69) is 64.1 Å². The molecule has 0 saturated heterocycles. The van der Waals surface area contributed by atoms with E-state index in [1.165, 1.54) is 10.5 Å². The third-order valence-corrected chi connectivity index (χ3v) is 8.42. The first-order valence-electron chi connectivity index (χ1n) is 6.68. The molecule has 0 fully saturated rings. The Morgan fingerprint density at radius 3 is 2.39 bits per heavy atom. The molecule has 2 rings (SSSR count). The quantitative estimate of drug-likeness (QED) is 0.769. The molecule has 0 amide bonds. The molecule has 1 unspecified atom stereocenters. The number of thiophene rings is 1. The summed E-state index contributed by atoms with van der Waals surface area (Å²) in [6.07, 6.45) is 0. The lowest BCUT2D eigenvalue weighted by Gasteiger charge is -2.38. The Balaban J connectivity index is 2.41. The minimum absolute atomic E-state index is 0.197. The van der Waals surface area contributed by atoms with Gasteiger partial charge >= 0.3 is 0 Å². The van der Waals surface area contributed by atoms with E-state index in [4.69, 9.17) is 0 Å². The predicted molar refractivity (Wildman–Crippen MR) is 85.7 cm³/mol. The van der Waals surface area contributed by atoms with Crippen LogP contribution in [0.25, 0.3) is 5.57 Å². The van der Waals surface area contributed by atoms with Crippen molar-refractivity contribution in [3.05, 3.63) is 27.5 Å². The van der Waals surface area contributed by atoms with Gasteiger partial charge in [0.15, 0.2) is 0 Å². The third kappa shape index (κ3) is 2.36. The molecule has 1 aromatic heterocycles. The van der Waals surface area contributed by atoms with Crippen molar-refractivity contribution in [3.8, 4) is 0 Å². The highest BCUT2D eigenvalue weighted by Gasteiger charge is 2.42. The molecule has 0 radical (unpaired) electrons. The first kappa shape index (κ1) is 14.0. The average molecular weight is 280 g/mol. The summed E-state index contributed by atoms with van der Waals surface area (Å²) in [4.78, 5) is 5.45. The van der Waals surface area contributed by atoms with Crippen LogP contribution in [0.3, 0.4) is 0 Å². The van der Waals surface area contributed by atoms with E-state index in [1.807, 2.05) is 11.3 Å². The Hall–Kier alpha value is -0.383. The molecule has 0 aromatic carbocycles. The minimum Gasteiger partial charge on any atom is -0.332 e. The van der Waals surface area contributed by atoms with E-state index in [9.17, 15) is 0 Å². The summed E-state index contributed by atoms with van der Waals surface area (Å²) >= 11 is 1.90. The molecule has 0 saturated carbocycles. The van der Waals surface area contributed by atoms with Crippen molar-refractivity contribution in [1.29, 1.82) is 0 Å². The first-order valence-corrected chi connectivity index (χ1v) is 10.6. The lowest BCUT2D eigenvalue weighted by atomic mass is 10.1. The topological polar surface area (TPSA) is 12.0 Å². The highest BCUT2D eigenvalue weighted by molar-refractivity contribution is 7.11. The summed E-state index contributed by atoms with van der Waals surface area (Å²) in [6, 6.07) is 2.34. The van der Waals surface area contributed by atoms with Crippen LogP contribution in [0.4, 0.5) is 0 Å². The first-order chi connectivity index (χ1) is 8.13. The van der Waals surface area contributed by atoms with Crippen molar-refractivity contribution in [1.82, 2.24) is 4.98 Å². The maximum Gasteiger partial charge on any atom is 0.131 e. The zero-order valence-electron chi connectivity index (χ0n) is 12.6. The van der Waals surface area contributed by atoms with Gasteiger partial charge in [0.1, 0.15) is 8.24 Å². The van der Waals surface area contributed by atoms with Gasteiger partial charge in [-0.25, -0.2) is 0 Å². The van der Waals surface area contributed by atoms with Crippen LogP contribution in [0, 0.1) is 0 Å². The minimum atomic E-state index is -1.53. The molecule has 1 aliphatic carbocycles. The average Bonchev–Trinajstić information content (AvgIpc) is 2.67. The molecule has 1 atom stereocenters. The van der Waals surface area contributed by atoms with Crippen molar-refractivity contribution in [3.63, 3.8) is 0 Å². The molecular weight excluding hydrogens is 254 g/mol. The van der Waals surface area contributed by atoms with Gasteiger partial charge in [-0.1, -0.05) is 18.7 Å². The van der Waals surface area contributed by atoms with Crippen LogP contribution < -0.4 is 4.98 Å². The second-order valence-electron chi connectivity index (χ2n) is 7.04. The summed E-state index contributed by atoms with van der Waals surface area (Å²) < 4.78 is 0. The Bertz CT molecular complexity index is 491. The third-order valence-electron chi connectivity index (χ3n) is 3.79. The Kier molecular flexibility index (Phi) is 3.37. The SMILES string of the molecule is CC1=C(C)C([Si](C)(C)NC(C)(C)C)c2ccsc21. The van der Waals surface area contributed by atoms with Gasteiger partial charge in [0.05, 0.1) is 0 Å². The molecule has 3 heteroatoms. The number of hydrogen-bond acceptors (Lipinski definition) is 2. The summed E-state index contributed by atoms with van der Waals surface area (Å²) in [5, 5.41) is 2.25. The van der Waals surface area contributed by atoms with Crippen LogP contribution in [0.1, 0.15) is 50.6 Å². The molecular formula is C15H25NSSi. The fourth-order valence-corrected chi connectivity index (χ4v) is 8.96. The summed E-state index contributed by atoms with van der Waals surface area (Å²) in [7, 11) is -1.53. The molecule has 100 valence electrons. The number of rotatable bonds is 2. The van der Waals surface area contributed by atoms with E-state index >= 15 is 0 Å². The number of allylic oxidation sites excluding steroid dienone is 2. The number of fused-ring (bicyclic) bond motifs is 1. The normalized spacial score (nSPS) is 20.5. The van der Waals surface area contributed by atoms with Crippen molar-refractivity contribution in [2.75, 3.05) is 0 Å². The Morgan fingerprint density at radius 1 is 1.22 bits per heavy atom. The molecule has 0 spiro atoms. The Morgan fingerprint density at radius 2 is 1.83 bits per heavy atom. The van der Waals surface area contributed by atoms with Crippen LogP contribution in [0.15, 0.2) is 17.0 Å². The van der Waals surface area contributed by atoms with Crippen LogP contribution in [-0.4, -0.2) is 13.8 Å². The summed E-state index contributed by atoms with van der Waals surface area (Å²) in [5.74, 6) is 0. The standard InChI is InChI=1S/C15H25NSSi/c1-10-11(2)14(12-8-9-17-13(10)12)18(6,7)16-15(3,4)5/h8-9,14,16H,1-7H3. The maximum atomic E-state index is 3.93. The van der Waals surface area contributed by atoms with Gasteiger partial charge in [-0.3, -0.25) is 0 Å². The molecule has 18 heavy (non-hydrogen) atoms. The van der Waals surface area contributed by atoms with Crippen molar-refractivity contribution in [2.45, 2.75) is 58.8 Å². The van der Waals surface area contributed by atoms with Crippen molar-refractivity contribution >= 4 is 25.1 Å². The summed E-state index contributed by atoms with van der Waals surface area (Å²) in [6.45, 7) is 16.4. The highest BCUT2D eigenvalue weighted by Crippen LogP contribution is 2.48. The number of hydrogen-bond donors (Lipinski definition) is 1. The molecule has 1 N–H and O–H groups in total. The van der Waals surface area contributed by atoms with Gasteiger partial charge in [0.25, 0.3) is 0 Å². The summed E-state index contributed by atoms with van der Waals surface area (Å²) in [5.41, 5.74) is 5.51. The maximum absolute atomic E-state index is 3.93. The van der Waals surface area contributed by atoms with Gasteiger partial charge in [-0.15, -0.1) is 11.3 Å². The molecule has 1 aromatic rings. The Labute approximate surface area is 116 Å². The second-order valence-corrected chi connectivity index (χ2v) is 12.2. The zero-order valence-corrected chi connectivity index (χ0v) is 14.5. The lowest BCUT2D eigenvalue weighted by molar-refractivity contribution is 0.508. The molecule has 1 aliphatic rings. The van der Waals surface area contributed by atoms with Gasteiger partial charge < -0.3 is 4.98 Å². The zero-order chi connectivity index (χ0) is 13.7. The largest absolute Gasteiger partial charge is 0.332 e. The molecule has 1 nitrogen and oxygen atoms in total. The predicted octanol–water partition coefficient (Wildman–Crippen LogP) is 4.77. The van der Waals surface area contributed by atoms with Crippen molar-refractivity contribution < 1.29 is 0 Å². The van der Waals surface area contributed by atoms with E-state index in [1.54, 1.807) is 11.1 Å². The van der Waals surface area contributed by atoms with Gasteiger partial charge in [-0.2, -0.15) is 0 Å². The fraction of sp³-hybridized carbons (Fsp3) is 0.600. The van der Waals surface area contributed by atoms with E-state index in [0.717, 1.165) is 0 Å². The highest BCUT2D eigenvalue weighted by atomic mass is 32.1. The monoisotopic (exact) mass is 279 g/mol. The van der Waals surface area contributed by atoms with Crippen LogP contribution in [0.2, 0.25) is 13.1 Å². The molecule has 1 heterocycles. The van der Waals surface area contributed by atoms with Gasteiger partial charge in [-0.05, 0) is 57.2 Å². The van der Waals surface area contributed by atoms with Crippen LogP contribution >= 0.6 is 11.3 Å². The van der Waals surface area contributed by atoms with Crippen LogP contribution in [0.5, 0.6) is 0 Å². The van der Waals surface area contributed by atoms with E-state index < -0.39 is 8.24 Å².